The predicted molar refractivity (Wildman–Crippen MR) is 123 cm³/mol. The molecule has 9 nitrogen and oxygen atoms in total. The molecule has 0 bridgehead atoms. The smallest absolute Gasteiger partial charge is 0.454 e. The first-order valence-corrected chi connectivity index (χ1v) is 12.1. The number of hydrogen-bond donors (Lipinski definition) is 2. The number of Topliss-reactive ketones (excluding diaryl/α,β-unsaturated/α-hetero) is 1. The molecular formula is C22H17ClF3N3O6S. The van der Waals surface area contributed by atoms with Crippen LogP contribution in [0.15, 0.2) is 47.5 Å². The SMILES string of the molecule is O=C(O)c1cc(C(=O)C(F)(F)F)ccc1Nc1c(S(=O)(=O)N2CCOCC2)cnc2ccc(Cl)cc12. The maximum absolute atomic E-state index is 13.5. The third kappa shape index (κ3) is 5.00. The van der Waals surface area contributed by atoms with E-state index in [-0.39, 0.29) is 53.0 Å². The number of alkyl halides is 3. The number of ketones is 1. The van der Waals surface area contributed by atoms with E-state index in [1.165, 1.54) is 22.5 Å². The number of sulfonamides is 1. The molecule has 0 saturated carbocycles. The summed E-state index contributed by atoms with van der Waals surface area (Å²) in [7, 11) is -4.16. The van der Waals surface area contributed by atoms with E-state index in [0.29, 0.717) is 11.6 Å². The number of morpholine rings is 1. The Morgan fingerprint density at radius 3 is 2.44 bits per heavy atom. The highest BCUT2D eigenvalue weighted by Gasteiger charge is 2.39. The summed E-state index contributed by atoms with van der Waals surface area (Å²) in [4.78, 5) is 27.4. The molecule has 1 aliphatic heterocycles. The van der Waals surface area contributed by atoms with E-state index in [9.17, 15) is 36.3 Å². The van der Waals surface area contributed by atoms with Gasteiger partial charge in [-0.2, -0.15) is 17.5 Å². The minimum atomic E-state index is -5.21. The van der Waals surface area contributed by atoms with Crippen LogP contribution in [-0.4, -0.2) is 67.0 Å². The minimum Gasteiger partial charge on any atom is -0.478 e. The summed E-state index contributed by atoms with van der Waals surface area (Å²) in [5.74, 6) is -3.85. The molecule has 0 radical (unpaired) electrons. The Bertz CT molecular complexity index is 1470. The molecule has 3 aromatic rings. The normalized spacial score (nSPS) is 15.1. The fraction of sp³-hybridized carbons (Fsp3) is 0.227. The van der Waals surface area contributed by atoms with E-state index in [2.05, 4.69) is 10.3 Å². The standard InChI is InChI=1S/C22H17ClF3N3O6S/c23-13-2-4-16-14(10-13)19(18(11-27-16)36(33,34)29-5-7-35-8-6-29)28-17-3-1-12(9-15(17)21(31)32)20(30)22(24,25)26/h1-4,9-11H,5-8H2,(H,27,28)(H,31,32). The Morgan fingerprint density at radius 2 is 1.81 bits per heavy atom. The zero-order valence-corrected chi connectivity index (χ0v) is 19.7. The maximum Gasteiger partial charge on any atom is 0.454 e. The molecule has 1 aliphatic rings. The number of ether oxygens (including phenoxy) is 1. The highest BCUT2D eigenvalue weighted by molar-refractivity contribution is 7.89. The van der Waals surface area contributed by atoms with Crippen LogP contribution >= 0.6 is 11.6 Å². The number of pyridine rings is 1. The zero-order chi connectivity index (χ0) is 26.3. The summed E-state index contributed by atoms with van der Waals surface area (Å²) in [5.41, 5.74) is -1.55. The zero-order valence-electron chi connectivity index (χ0n) is 18.2. The summed E-state index contributed by atoms with van der Waals surface area (Å²) < 4.78 is 72.0. The van der Waals surface area contributed by atoms with E-state index in [4.69, 9.17) is 16.3 Å². The lowest BCUT2D eigenvalue weighted by Crippen LogP contribution is -2.40. The molecule has 190 valence electrons. The first-order chi connectivity index (χ1) is 16.9. The van der Waals surface area contributed by atoms with Crippen molar-refractivity contribution in [3.8, 4) is 0 Å². The Kier molecular flexibility index (Phi) is 6.92. The van der Waals surface area contributed by atoms with Crippen molar-refractivity contribution in [3.63, 3.8) is 0 Å². The van der Waals surface area contributed by atoms with Crippen molar-refractivity contribution in [3.05, 3.63) is 58.7 Å². The monoisotopic (exact) mass is 543 g/mol. The number of nitrogens with zero attached hydrogens (tertiary/aromatic N) is 2. The quantitative estimate of drug-likeness (QED) is 0.445. The highest BCUT2D eigenvalue weighted by Crippen LogP contribution is 2.36. The topological polar surface area (TPSA) is 126 Å². The fourth-order valence-corrected chi connectivity index (χ4v) is 5.35. The van der Waals surface area contributed by atoms with Crippen molar-refractivity contribution in [2.24, 2.45) is 0 Å². The van der Waals surface area contributed by atoms with Crippen molar-refractivity contribution < 1.29 is 41.0 Å². The van der Waals surface area contributed by atoms with Gasteiger partial charge >= 0.3 is 12.1 Å². The lowest BCUT2D eigenvalue weighted by atomic mass is 10.0. The minimum absolute atomic E-state index is 0.0734. The molecule has 0 spiro atoms. The number of nitrogens with one attached hydrogen (secondary N) is 1. The number of carboxylic acids is 1. The molecule has 0 atom stereocenters. The van der Waals surface area contributed by atoms with Gasteiger partial charge in [-0.15, -0.1) is 0 Å². The van der Waals surface area contributed by atoms with Crippen LogP contribution in [0.4, 0.5) is 24.5 Å². The molecule has 4 rings (SSSR count). The molecule has 0 amide bonds. The average Bonchev–Trinajstić information content (AvgIpc) is 2.83. The number of aromatic nitrogens is 1. The highest BCUT2D eigenvalue weighted by atomic mass is 35.5. The Morgan fingerprint density at radius 1 is 1.11 bits per heavy atom. The van der Waals surface area contributed by atoms with Crippen LogP contribution in [0.5, 0.6) is 0 Å². The molecule has 2 heterocycles. The van der Waals surface area contributed by atoms with Crippen molar-refractivity contribution in [1.82, 2.24) is 9.29 Å². The van der Waals surface area contributed by atoms with Crippen LogP contribution in [0.3, 0.4) is 0 Å². The second kappa shape index (κ2) is 9.65. The Hall–Kier alpha value is -3.26. The fourth-order valence-electron chi connectivity index (χ4n) is 3.67. The third-order valence-corrected chi connectivity index (χ3v) is 7.56. The van der Waals surface area contributed by atoms with Crippen LogP contribution in [0, 0.1) is 0 Å². The molecule has 1 aromatic heterocycles. The number of halogens is 4. The largest absolute Gasteiger partial charge is 0.478 e. The van der Waals surface area contributed by atoms with Gasteiger partial charge in [-0.1, -0.05) is 11.6 Å². The third-order valence-electron chi connectivity index (χ3n) is 5.41. The Balaban J connectivity index is 1.90. The molecule has 14 heteroatoms. The lowest BCUT2D eigenvalue weighted by molar-refractivity contribution is -0.0885. The predicted octanol–water partition coefficient (Wildman–Crippen LogP) is 4.10. The van der Waals surface area contributed by atoms with Gasteiger partial charge < -0.3 is 15.2 Å². The lowest BCUT2D eigenvalue weighted by Gasteiger charge is -2.27. The molecule has 2 aromatic carbocycles. The molecule has 0 unspecified atom stereocenters. The van der Waals surface area contributed by atoms with E-state index >= 15 is 0 Å². The summed E-state index contributed by atoms with van der Waals surface area (Å²) >= 11 is 6.12. The van der Waals surface area contributed by atoms with Gasteiger partial charge in [0.25, 0.3) is 5.78 Å². The van der Waals surface area contributed by atoms with E-state index < -0.39 is 39.1 Å². The maximum atomic E-state index is 13.5. The summed E-state index contributed by atoms with van der Waals surface area (Å²) in [6.45, 7) is 0.493. The molecule has 1 fully saturated rings. The van der Waals surface area contributed by atoms with Crippen LogP contribution in [-0.2, 0) is 14.8 Å². The van der Waals surface area contributed by atoms with Gasteiger partial charge in [0.05, 0.1) is 35.7 Å². The average molecular weight is 544 g/mol. The second-order valence-corrected chi connectivity index (χ2v) is 10.0. The van der Waals surface area contributed by atoms with Crippen LogP contribution in [0.25, 0.3) is 10.9 Å². The summed E-state index contributed by atoms with van der Waals surface area (Å²) in [6.07, 6.45) is -4.10. The van der Waals surface area contributed by atoms with E-state index in [0.717, 1.165) is 18.3 Å². The molecule has 1 saturated heterocycles. The van der Waals surface area contributed by atoms with Crippen LogP contribution in [0.1, 0.15) is 20.7 Å². The van der Waals surface area contributed by atoms with Gasteiger partial charge in [0.15, 0.2) is 0 Å². The van der Waals surface area contributed by atoms with Crippen molar-refractivity contribution in [2.75, 3.05) is 31.6 Å². The first kappa shape index (κ1) is 25.8. The molecule has 2 N–H and O–H groups in total. The summed E-state index contributed by atoms with van der Waals surface area (Å²) in [5, 5.41) is 12.8. The van der Waals surface area contributed by atoms with Crippen molar-refractivity contribution in [1.29, 1.82) is 0 Å². The number of rotatable bonds is 6. The molecule has 0 aliphatic carbocycles. The van der Waals surface area contributed by atoms with Gasteiger partial charge in [-0.05, 0) is 36.4 Å². The number of fused-ring (bicyclic) bond motifs is 1. The van der Waals surface area contributed by atoms with E-state index in [1.54, 1.807) is 0 Å². The number of aromatic carboxylic acids is 1. The Labute approximate surface area is 207 Å². The van der Waals surface area contributed by atoms with Gasteiger partial charge in [0.1, 0.15) is 4.90 Å². The van der Waals surface area contributed by atoms with Crippen molar-refractivity contribution >= 4 is 55.7 Å². The number of carbonyl (C=O) groups is 2. The summed E-state index contributed by atoms with van der Waals surface area (Å²) in [6, 6.07) is 6.81. The number of carboxylic acid groups (broad SMARTS) is 1. The number of hydrogen-bond acceptors (Lipinski definition) is 7. The van der Waals surface area contributed by atoms with Gasteiger partial charge in [0, 0.05) is 35.3 Å². The first-order valence-electron chi connectivity index (χ1n) is 10.3. The van der Waals surface area contributed by atoms with Crippen molar-refractivity contribution in [2.45, 2.75) is 11.1 Å². The second-order valence-electron chi connectivity index (χ2n) is 7.69. The van der Waals surface area contributed by atoms with Crippen LogP contribution in [0.2, 0.25) is 5.02 Å². The number of benzene rings is 2. The number of carbonyl (C=O) groups excluding carboxylic acids is 1. The van der Waals surface area contributed by atoms with Gasteiger partial charge in [-0.25, -0.2) is 13.2 Å². The number of anilines is 2. The van der Waals surface area contributed by atoms with Gasteiger partial charge in [0.2, 0.25) is 10.0 Å². The molecular weight excluding hydrogens is 527 g/mol. The van der Waals surface area contributed by atoms with E-state index in [1.807, 2.05) is 0 Å². The van der Waals surface area contributed by atoms with Crippen LogP contribution < -0.4 is 5.32 Å². The molecule has 36 heavy (non-hydrogen) atoms. The van der Waals surface area contributed by atoms with Gasteiger partial charge in [-0.3, -0.25) is 9.78 Å².